The maximum absolute atomic E-state index is 12.2. The molecule has 29 heavy (non-hydrogen) atoms. The van der Waals surface area contributed by atoms with Crippen LogP contribution in [0.5, 0.6) is 0 Å². The predicted molar refractivity (Wildman–Crippen MR) is 114 cm³/mol. The van der Waals surface area contributed by atoms with Crippen molar-refractivity contribution in [3.8, 4) is 11.5 Å². The number of amides is 2. The molecule has 2 aromatic heterocycles. The second-order valence-electron chi connectivity index (χ2n) is 6.56. The van der Waals surface area contributed by atoms with Crippen LogP contribution in [0, 0.1) is 6.92 Å². The van der Waals surface area contributed by atoms with Gasteiger partial charge in [0, 0.05) is 29.3 Å². The Hall–Kier alpha value is -3.45. The number of hydrogen-bond acceptors (Lipinski definition) is 5. The quantitative estimate of drug-likeness (QED) is 0.490. The SMILES string of the molecule is Cc1ccccc1C(=O)NCCC(=O)Nc1nc(-c2cc3ccccc3o2)cs1. The number of rotatable bonds is 6. The second-order valence-corrected chi connectivity index (χ2v) is 7.41. The Kier molecular flexibility index (Phi) is 5.39. The monoisotopic (exact) mass is 405 g/mol. The third-order valence-corrected chi connectivity index (χ3v) is 5.21. The van der Waals surface area contributed by atoms with Crippen molar-refractivity contribution in [3.63, 3.8) is 0 Å². The molecule has 0 unspecified atom stereocenters. The van der Waals surface area contributed by atoms with Gasteiger partial charge < -0.3 is 15.1 Å². The fourth-order valence-corrected chi connectivity index (χ4v) is 3.66. The number of nitrogens with one attached hydrogen (secondary N) is 2. The summed E-state index contributed by atoms with van der Waals surface area (Å²) in [5, 5.41) is 8.88. The van der Waals surface area contributed by atoms with Gasteiger partial charge in [-0.05, 0) is 30.7 Å². The van der Waals surface area contributed by atoms with Crippen LogP contribution in [0.25, 0.3) is 22.4 Å². The maximum atomic E-state index is 12.2. The van der Waals surface area contributed by atoms with Gasteiger partial charge in [0.2, 0.25) is 5.91 Å². The molecule has 0 saturated heterocycles. The zero-order chi connectivity index (χ0) is 20.2. The Labute approximate surface area is 171 Å². The molecular weight excluding hydrogens is 386 g/mol. The highest BCUT2D eigenvalue weighted by molar-refractivity contribution is 7.14. The van der Waals surface area contributed by atoms with Crippen LogP contribution in [0.3, 0.4) is 0 Å². The lowest BCUT2D eigenvalue weighted by Crippen LogP contribution is -2.28. The van der Waals surface area contributed by atoms with Crippen molar-refractivity contribution >= 4 is 39.3 Å². The molecule has 0 saturated carbocycles. The number of fused-ring (bicyclic) bond motifs is 1. The number of carbonyl (C=O) groups excluding carboxylic acids is 2. The lowest BCUT2D eigenvalue weighted by atomic mass is 10.1. The van der Waals surface area contributed by atoms with Crippen LogP contribution in [0.15, 0.2) is 64.4 Å². The molecule has 0 aliphatic heterocycles. The molecule has 0 aliphatic carbocycles. The number of aryl methyl sites for hydroxylation is 1. The fraction of sp³-hybridized carbons (Fsp3) is 0.136. The number of furan rings is 1. The van der Waals surface area contributed by atoms with Crippen LogP contribution in [-0.4, -0.2) is 23.3 Å². The van der Waals surface area contributed by atoms with E-state index < -0.39 is 0 Å². The number of carbonyl (C=O) groups is 2. The highest BCUT2D eigenvalue weighted by Crippen LogP contribution is 2.30. The van der Waals surface area contributed by atoms with Crippen molar-refractivity contribution in [2.75, 3.05) is 11.9 Å². The number of nitrogens with zero attached hydrogens (tertiary/aromatic N) is 1. The van der Waals surface area contributed by atoms with E-state index in [1.807, 2.05) is 60.8 Å². The van der Waals surface area contributed by atoms with Crippen LogP contribution in [0.4, 0.5) is 5.13 Å². The topological polar surface area (TPSA) is 84.2 Å². The highest BCUT2D eigenvalue weighted by atomic mass is 32.1. The Bertz CT molecular complexity index is 1150. The van der Waals surface area contributed by atoms with Crippen LogP contribution < -0.4 is 10.6 Å². The number of para-hydroxylation sites is 1. The molecule has 6 nitrogen and oxygen atoms in total. The minimum absolute atomic E-state index is 0.164. The first-order chi connectivity index (χ1) is 14.1. The molecule has 2 heterocycles. The van der Waals surface area contributed by atoms with E-state index in [9.17, 15) is 9.59 Å². The summed E-state index contributed by atoms with van der Waals surface area (Å²) in [6.45, 7) is 2.13. The van der Waals surface area contributed by atoms with E-state index in [1.165, 1.54) is 11.3 Å². The van der Waals surface area contributed by atoms with E-state index in [0.717, 1.165) is 16.5 Å². The molecular formula is C22H19N3O3S. The van der Waals surface area contributed by atoms with E-state index in [0.29, 0.717) is 22.1 Å². The van der Waals surface area contributed by atoms with Crippen LogP contribution in [-0.2, 0) is 4.79 Å². The van der Waals surface area contributed by atoms with E-state index in [-0.39, 0.29) is 24.8 Å². The van der Waals surface area contributed by atoms with Crippen LogP contribution in [0.1, 0.15) is 22.3 Å². The molecule has 0 aliphatic rings. The van der Waals surface area contributed by atoms with Gasteiger partial charge in [-0.1, -0.05) is 36.4 Å². The molecule has 2 amide bonds. The lowest BCUT2D eigenvalue weighted by Gasteiger charge is -2.07. The van der Waals surface area contributed by atoms with Crippen LogP contribution in [0.2, 0.25) is 0 Å². The molecule has 0 radical (unpaired) electrons. The summed E-state index contributed by atoms with van der Waals surface area (Å²) in [6, 6.07) is 17.0. The van der Waals surface area contributed by atoms with E-state index in [4.69, 9.17) is 4.42 Å². The van der Waals surface area contributed by atoms with Gasteiger partial charge in [0.25, 0.3) is 5.91 Å². The van der Waals surface area contributed by atoms with Crippen molar-refractivity contribution in [3.05, 3.63) is 71.1 Å². The Balaban J connectivity index is 1.31. The number of thiazole rings is 1. The average Bonchev–Trinajstić information content (AvgIpc) is 3.34. The van der Waals surface area contributed by atoms with Gasteiger partial charge in [-0.25, -0.2) is 4.98 Å². The molecule has 0 fully saturated rings. The van der Waals surface area contributed by atoms with Crippen LogP contribution >= 0.6 is 11.3 Å². The normalized spacial score (nSPS) is 10.8. The van der Waals surface area contributed by atoms with Crippen molar-refractivity contribution in [2.45, 2.75) is 13.3 Å². The number of hydrogen-bond donors (Lipinski definition) is 2. The van der Waals surface area contributed by atoms with Gasteiger partial charge in [-0.2, -0.15) is 0 Å². The van der Waals surface area contributed by atoms with E-state index >= 15 is 0 Å². The molecule has 4 rings (SSSR count). The maximum Gasteiger partial charge on any atom is 0.251 e. The van der Waals surface area contributed by atoms with E-state index in [1.54, 1.807) is 6.07 Å². The number of benzene rings is 2. The Morgan fingerprint density at radius 1 is 1.10 bits per heavy atom. The summed E-state index contributed by atoms with van der Waals surface area (Å²) >= 11 is 1.33. The first kappa shape index (κ1) is 18.9. The molecule has 0 spiro atoms. The summed E-state index contributed by atoms with van der Waals surface area (Å²) in [4.78, 5) is 28.8. The van der Waals surface area contributed by atoms with Crippen molar-refractivity contribution in [1.82, 2.24) is 10.3 Å². The highest BCUT2D eigenvalue weighted by Gasteiger charge is 2.13. The standard InChI is InChI=1S/C22H19N3O3S/c1-14-6-2-4-8-16(14)21(27)23-11-10-20(26)25-22-24-17(13-29-22)19-12-15-7-3-5-9-18(15)28-19/h2-9,12-13H,10-11H2,1H3,(H,23,27)(H,24,25,26). The molecule has 2 N–H and O–H groups in total. The Morgan fingerprint density at radius 2 is 1.90 bits per heavy atom. The third-order valence-electron chi connectivity index (χ3n) is 4.46. The molecule has 146 valence electrons. The molecule has 0 bridgehead atoms. The second kappa shape index (κ2) is 8.28. The first-order valence-electron chi connectivity index (χ1n) is 9.18. The van der Waals surface area contributed by atoms with Gasteiger partial charge in [0.05, 0.1) is 0 Å². The third kappa shape index (κ3) is 4.35. The van der Waals surface area contributed by atoms with Gasteiger partial charge in [0.15, 0.2) is 10.9 Å². The largest absolute Gasteiger partial charge is 0.454 e. The first-order valence-corrected chi connectivity index (χ1v) is 10.1. The van der Waals surface area contributed by atoms with Crippen molar-refractivity contribution in [2.24, 2.45) is 0 Å². The molecule has 4 aromatic rings. The summed E-state index contributed by atoms with van der Waals surface area (Å²) in [6.07, 6.45) is 0.164. The molecule has 0 atom stereocenters. The summed E-state index contributed by atoms with van der Waals surface area (Å²) in [5.41, 5.74) is 2.98. The summed E-state index contributed by atoms with van der Waals surface area (Å²) in [5.74, 6) is 0.270. The minimum Gasteiger partial charge on any atom is -0.454 e. The van der Waals surface area contributed by atoms with E-state index in [2.05, 4.69) is 15.6 Å². The fourth-order valence-electron chi connectivity index (χ4n) is 2.95. The summed E-state index contributed by atoms with van der Waals surface area (Å²) in [7, 11) is 0. The lowest BCUT2D eigenvalue weighted by molar-refractivity contribution is -0.116. The summed E-state index contributed by atoms with van der Waals surface area (Å²) < 4.78 is 5.80. The van der Waals surface area contributed by atoms with Crippen molar-refractivity contribution < 1.29 is 14.0 Å². The van der Waals surface area contributed by atoms with Gasteiger partial charge in [-0.15, -0.1) is 11.3 Å². The van der Waals surface area contributed by atoms with Gasteiger partial charge in [0.1, 0.15) is 11.3 Å². The zero-order valence-electron chi connectivity index (χ0n) is 15.8. The minimum atomic E-state index is -0.208. The van der Waals surface area contributed by atoms with Gasteiger partial charge >= 0.3 is 0 Å². The number of anilines is 1. The van der Waals surface area contributed by atoms with Gasteiger partial charge in [-0.3, -0.25) is 9.59 Å². The molecule has 7 heteroatoms. The predicted octanol–water partition coefficient (Wildman–Crippen LogP) is 4.62. The Morgan fingerprint density at radius 3 is 2.72 bits per heavy atom. The average molecular weight is 405 g/mol. The smallest absolute Gasteiger partial charge is 0.251 e. The van der Waals surface area contributed by atoms with Crippen molar-refractivity contribution in [1.29, 1.82) is 0 Å². The number of aromatic nitrogens is 1. The zero-order valence-corrected chi connectivity index (χ0v) is 16.6. The molecule has 2 aromatic carbocycles.